The standard InChI is InChI=1S/C13H21N3OS2.ClH/c1-2-18-10-5-3-4-6-16(8-10)13(17)11-9-19-12(7-14)15-11;/h9-10H,2-8,14H2,1H3;1H. The number of thiazole rings is 1. The molecule has 114 valence electrons. The van der Waals surface area contributed by atoms with Crippen LogP contribution >= 0.6 is 35.5 Å². The van der Waals surface area contributed by atoms with E-state index in [0.29, 0.717) is 17.5 Å². The lowest BCUT2D eigenvalue weighted by atomic mass is 10.2. The maximum absolute atomic E-state index is 12.5. The molecule has 0 radical (unpaired) electrons. The first-order chi connectivity index (χ1) is 9.24. The second-order valence-electron chi connectivity index (χ2n) is 4.65. The highest BCUT2D eigenvalue weighted by Crippen LogP contribution is 2.23. The SMILES string of the molecule is CCSC1CCCCN(C(=O)c2csc(CN)n2)C1.Cl. The van der Waals surface area contributed by atoms with Crippen LogP contribution in [-0.4, -0.2) is 39.9 Å². The lowest BCUT2D eigenvalue weighted by Gasteiger charge is -2.23. The number of carbonyl (C=O) groups excluding carboxylic acids is 1. The monoisotopic (exact) mass is 335 g/mol. The summed E-state index contributed by atoms with van der Waals surface area (Å²) in [6, 6.07) is 0. The summed E-state index contributed by atoms with van der Waals surface area (Å²) in [4.78, 5) is 18.7. The van der Waals surface area contributed by atoms with Gasteiger partial charge in [0.25, 0.3) is 5.91 Å². The first-order valence-electron chi connectivity index (χ1n) is 6.80. The van der Waals surface area contributed by atoms with Crippen LogP contribution in [0.25, 0.3) is 0 Å². The van der Waals surface area contributed by atoms with E-state index in [-0.39, 0.29) is 18.3 Å². The summed E-state index contributed by atoms with van der Waals surface area (Å²) in [5.74, 6) is 1.18. The average Bonchev–Trinajstić information content (AvgIpc) is 2.78. The van der Waals surface area contributed by atoms with Gasteiger partial charge < -0.3 is 10.6 Å². The minimum Gasteiger partial charge on any atom is -0.336 e. The van der Waals surface area contributed by atoms with E-state index in [4.69, 9.17) is 5.73 Å². The molecule has 1 amide bonds. The number of nitrogens with two attached hydrogens (primary N) is 1. The van der Waals surface area contributed by atoms with E-state index in [2.05, 4.69) is 11.9 Å². The zero-order valence-electron chi connectivity index (χ0n) is 11.7. The number of carbonyl (C=O) groups is 1. The largest absolute Gasteiger partial charge is 0.336 e. The third-order valence-electron chi connectivity index (χ3n) is 3.26. The topological polar surface area (TPSA) is 59.2 Å². The van der Waals surface area contributed by atoms with E-state index in [1.165, 1.54) is 24.2 Å². The molecule has 0 bridgehead atoms. The number of thioether (sulfide) groups is 1. The first kappa shape index (κ1) is 17.8. The van der Waals surface area contributed by atoms with Crippen molar-refractivity contribution in [2.45, 2.75) is 38.0 Å². The molecule has 1 atom stereocenters. The maximum atomic E-state index is 12.5. The molecule has 4 nitrogen and oxygen atoms in total. The van der Waals surface area contributed by atoms with Gasteiger partial charge in [-0.2, -0.15) is 11.8 Å². The van der Waals surface area contributed by atoms with Gasteiger partial charge in [-0.3, -0.25) is 4.79 Å². The predicted octanol–water partition coefficient (Wildman–Crippen LogP) is 2.77. The molecular weight excluding hydrogens is 314 g/mol. The Kier molecular flexibility index (Phi) is 7.87. The van der Waals surface area contributed by atoms with Gasteiger partial charge >= 0.3 is 0 Å². The van der Waals surface area contributed by atoms with Crippen molar-refractivity contribution in [3.63, 3.8) is 0 Å². The van der Waals surface area contributed by atoms with Crippen LogP contribution in [0.2, 0.25) is 0 Å². The summed E-state index contributed by atoms with van der Waals surface area (Å²) in [5.41, 5.74) is 6.11. The fourth-order valence-electron chi connectivity index (χ4n) is 2.32. The number of hydrogen-bond donors (Lipinski definition) is 1. The minimum atomic E-state index is 0. The summed E-state index contributed by atoms with van der Waals surface area (Å²) < 4.78 is 0. The van der Waals surface area contributed by atoms with E-state index in [0.717, 1.165) is 30.3 Å². The van der Waals surface area contributed by atoms with Crippen molar-refractivity contribution in [2.24, 2.45) is 5.73 Å². The third-order valence-corrected chi connectivity index (χ3v) is 5.32. The fourth-order valence-corrected chi connectivity index (χ4v) is 4.06. The van der Waals surface area contributed by atoms with Crippen molar-refractivity contribution in [2.75, 3.05) is 18.8 Å². The molecule has 2 heterocycles. The number of aromatic nitrogens is 1. The molecule has 0 saturated carbocycles. The predicted molar refractivity (Wildman–Crippen MR) is 88.9 cm³/mol. The number of amides is 1. The summed E-state index contributed by atoms with van der Waals surface area (Å²) in [6.45, 7) is 4.30. The molecule has 1 saturated heterocycles. The van der Waals surface area contributed by atoms with Gasteiger partial charge in [0.1, 0.15) is 10.7 Å². The normalized spacial score (nSPS) is 19.3. The van der Waals surface area contributed by atoms with Crippen LogP contribution in [0.3, 0.4) is 0 Å². The van der Waals surface area contributed by atoms with Gasteiger partial charge in [-0.15, -0.1) is 23.7 Å². The fraction of sp³-hybridized carbons (Fsp3) is 0.692. The van der Waals surface area contributed by atoms with Crippen LogP contribution in [-0.2, 0) is 6.54 Å². The summed E-state index contributed by atoms with van der Waals surface area (Å²) in [6.07, 6.45) is 3.53. The molecular formula is C13H22ClN3OS2. The minimum absolute atomic E-state index is 0. The molecule has 1 aliphatic heterocycles. The maximum Gasteiger partial charge on any atom is 0.273 e. The highest BCUT2D eigenvalue weighted by molar-refractivity contribution is 7.99. The Balaban J connectivity index is 0.00000200. The van der Waals surface area contributed by atoms with Crippen LogP contribution in [0, 0.1) is 0 Å². The van der Waals surface area contributed by atoms with E-state index in [9.17, 15) is 4.79 Å². The van der Waals surface area contributed by atoms with Crippen molar-refractivity contribution in [1.29, 1.82) is 0 Å². The molecule has 2 rings (SSSR count). The number of rotatable bonds is 4. The number of hydrogen-bond acceptors (Lipinski definition) is 5. The van der Waals surface area contributed by atoms with Crippen molar-refractivity contribution >= 4 is 41.4 Å². The summed E-state index contributed by atoms with van der Waals surface area (Å²) in [5, 5.41) is 3.24. The Labute approximate surface area is 134 Å². The van der Waals surface area contributed by atoms with Gasteiger partial charge in [-0.25, -0.2) is 4.98 Å². The Bertz CT molecular complexity index is 428. The van der Waals surface area contributed by atoms with Crippen molar-refractivity contribution in [3.05, 3.63) is 16.1 Å². The van der Waals surface area contributed by atoms with E-state index < -0.39 is 0 Å². The Morgan fingerprint density at radius 2 is 2.40 bits per heavy atom. The van der Waals surface area contributed by atoms with Gasteiger partial charge in [-0.1, -0.05) is 13.3 Å². The Morgan fingerprint density at radius 3 is 3.05 bits per heavy atom. The molecule has 2 N–H and O–H groups in total. The van der Waals surface area contributed by atoms with Crippen molar-refractivity contribution in [3.8, 4) is 0 Å². The first-order valence-corrected chi connectivity index (χ1v) is 8.72. The molecule has 0 aliphatic carbocycles. The van der Waals surface area contributed by atoms with Crippen LogP contribution in [0.1, 0.15) is 41.7 Å². The molecule has 1 aromatic heterocycles. The van der Waals surface area contributed by atoms with Crippen molar-refractivity contribution < 1.29 is 4.79 Å². The highest BCUT2D eigenvalue weighted by atomic mass is 35.5. The van der Waals surface area contributed by atoms with E-state index >= 15 is 0 Å². The van der Waals surface area contributed by atoms with E-state index in [1.54, 1.807) is 0 Å². The van der Waals surface area contributed by atoms with Gasteiger partial charge in [0.15, 0.2) is 0 Å². The zero-order valence-corrected chi connectivity index (χ0v) is 14.2. The summed E-state index contributed by atoms with van der Waals surface area (Å²) >= 11 is 3.43. The molecule has 7 heteroatoms. The second kappa shape index (κ2) is 8.87. The molecule has 1 aliphatic rings. The van der Waals surface area contributed by atoms with Crippen LogP contribution < -0.4 is 5.73 Å². The Hall–Kier alpha value is -0.300. The highest BCUT2D eigenvalue weighted by Gasteiger charge is 2.24. The van der Waals surface area contributed by atoms with Crippen LogP contribution in [0.4, 0.5) is 0 Å². The third kappa shape index (κ3) is 4.62. The Morgan fingerprint density at radius 1 is 1.60 bits per heavy atom. The number of likely N-dealkylation sites (tertiary alicyclic amines) is 1. The van der Waals surface area contributed by atoms with Gasteiger partial charge in [0.05, 0.1) is 0 Å². The second-order valence-corrected chi connectivity index (χ2v) is 7.17. The lowest BCUT2D eigenvalue weighted by Crippen LogP contribution is -2.35. The van der Waals surface area contributed by atoms with Crippen molar-refractivity contribution in [1.82, 2.24) is 9.88 Å². The molecule has 20 heavy (non-hydrogen) atoms. The van der Waals surface area contributed by atoms with E-state index in [1.807, 2.05) is 22.0 Å². The van der Waals surface area contributed by atoms with Crippen LogP contribution in [0.5, 0.6) is 0 Å². The molecule has 1 fully saturated rings. The zero-order chi connectivity index (χ0) is 13.7. The van der Waals surface area contributed by atoms with Gasteiger partial charge in [-0.05, 0) is 18.6 Å². The number of halogens is 1. The van der Waals surface area contributed by atoms with Gasteiger partial charge in [0, 0.05) is 30.3 Å². The molecule has 0 aromatic carbocycles. The van der Waals surface area contributed by atoms with Gasteiger partial charge in [0.2, 0.25) is 0 Å². The lowest BCUT2D eigenvalue weighted by molar-refractivity contribution is 0.0758. The molecule has 1 aromatic rings. The quantitative estimate of drug-likeness (QED) is 0.919. The number of nitrogens with zero attached hydrogens (tertiary/aromatic N) is 2. The smallest absolute Gasteiger partial charge is 0.273 e. The average molecular weight is 336 g/mol. The molecule has 0 spiro atoms. The summed E-state index contributed by atoms with van der Waals surface area (Å²) in [7, 11) is 0. The van der Waals surface area contributed by atoms with Crippen LogP contribution in [0.15, 0.2) is 5.38 Å². The molecule has 1 unspecified atom stereocenters.